The third-order valence-corrected chi connectivity index (χ3v) is 5.73. The van der Waals surface area contributed by atoms with Crippen LogP contribution in [-0.4, -0.2) is 9.97 Å². The first-order valence-corrected chi connectivity index (χ1v) is 11.2. The van der Waals surface area contributed by atoms with Crippen LogP contribution in [0, 0.1) is 12.3 Å². The Balaban J connectivity index is 1.67. The average Bonchev–Trinajstić information content (AvgIpc) is 3.12. The van der Waals surface area contributed by atoms with Crippen LogP contribution in [0.15, 0.2) is 77.3 Å². The Morgan fingerprint density at radius 2 is 1.62 bits per heavy atom. The lowest BCUT2D eigenvalue weighted by Crippen LogP contribution is -2.09. The third kappa shape index (κ3) is 4.03. The monoisotopic (exact) mass is 420 g/mol. The van der Waals surface area contributed by atoms with Crippen LogP contribution in [0.3, 0.4) is 0 Å². The first-order valence-electron chi connectivity index (χ1n) is 11.2. The largest absolute Gasteiger partial charge is 0.453 e. The molecule has 3 heteroatoms. The van der Waals surface area contributed by atoms with Gasteiger partial charge in [0.15, 0.2) is 5.58 Å². The number of aryl methyl sites for hydroxylation is 1. The summed E-state index contributed by atoms with van der Waals surface area (Å²) in [6, 6.07) is 23.2. The minimum Gasteiger partial charge on any atom is -0.453 e. The number of hydrogen-bond donors (Lipinski definition) is 0. The molecule has 0 N–H and O–H groups in total. The summed E-state index contributed by atoms with van der Waals surface area (Å²) in [6.45, 7) is 8.83. The van der Waals surface area contributed by atoms with Gasteiger partial charge in [-0.3, -0.25) is 9.97 Å². The van der Waals surface area contributed by atoms with Crippen molar-refractivity contribution in [2.24, 2.45) is 5.41 Å². The highest BCUT2D eigenvalue weighted by molar-refractivity contribution is 6.10. The van der Waals surface area contributed by atoms with Crippen molar-refractivity contribution in [3.8, 4) is 11.3 Å². The molecule has 3 heterocycles. The Bertz CT molecular complexity index is 1410. The fraction of sp³-hybridized carbons (Fsp3) is 0.241. The van der Waals surface area contributed by atoms with Gasteiger partial charge in [-0.1, -0.05) is 63.2 Å². The predicted molar refractivity (Wildman–Crippen MR) is 132 cm³/mol. The van der Waals surface area contributed by atoms with Crippen LogP contribution < -0.4 is 0 Å². The van der Waals surface area contributed by atoms with E-state index in [0.29, 0.717) is 0 Å². The van der Waals surface area contributed by atoms with Gasteiger partial charge in [-0.2, -0.15) is 0 Å². The van der Waals surface area contributed by atoms with Crippen LogP contribution in [0.5, 0.6) is 0 Å². The van der Waals surface area contributed by atoms with Crippen molar-refractivity contribution in [2.45, 2.75) is 40.5 Å². The van der Waals surface area contributed by atoms with E-state index in [4.69, 9.17) is 14.4 Å². The molecule has 32 heavy (non-hydrogen) atoms. The maximum atomic E-state index is 6.53. The fourth-order valence-corrected chi connectivity index (χ4v) is 4.46. The minimum atomic E-state index is 0.222. The van der Waals surface area contributed by atoms with Crippen molar-refractivity contribution in [3.05, 3.63) is 95.4 Å². The zero-order valence-electron chi connectivity index (χ0n) is 19.1. The van der Waals surface area contributed by atoms with E-state index in [-0.39, 0.29) is 5.41 Å². The number of furan rings is 1. The number of fused-ring (bicyclic) bond motifs is 3. The van der Waals surface area contributed by atoms with Gasteiger partial charge < -0.3 is 4.42 Å². The predicted octanol–water partition coefficient (Wildman–Crippen LogP) is 7.53. The quantitative estimate of drug-likeness (QED) is 0.302. The second-order valence-electron chi connectivity index (χ2n) is 9.82. The standard InChI is InChI=1S/C29H28N2O/c1-19-15-24-22-11-8-12-23(25-17-21(13-14-30-25)18-29(2,3)4)27(22)32-28(24)26(31-19)16-20-9-6-5-7-10-20/h5-15,17H,16,18H2,1-4H3. The summed E-state index contributed by atoms with van der Waals surface area (Å²) in [5.41, 5.74) is 8.44. The zero-order chi connectivity index (χ0) is 22.3. The summed E-state index contributed by atoms with van der Waals surface area (Å²) in [7, 11) is 0. The molecular weight excluding hydrogens is 392 g/mol. The van der Waals surface area contributed by atoms with E-state index in [0.717, 1.165) is 57.4 Å². The first-order chi connectivity index (χ1) is 15.4. The molecule has 0 fully saturated rings. The molecule has 0 spiro atoms. The summed E-state index contributed by atoms with van der Waals surface area (Å²) < 4.78 is 6.53. The molecule has 3 aromatic heterocycles. The minimum absolute atomic E-state index is 0.222. The molecule has 0 radical (unpaired) electrons. The molecular formula is C29H28N2O. The van der Waals surface area contributed by atoms with Crippen LogP contribution in [0.4, 0.5) is 0 Å². The van der Waals surface area contributed by atoms with Gasteiger partial charge >= 0.3 is 0 Å². The van der Waals surface area contributed by atoms with Crippen molar-refractivity contribution >= 4 is 21.9 Å². The maximum absolute atomic E-state index is 6.53. The first kappa shape index (κ1) is 20.4. The lowest BCUT2D eigenvalue weighted by atomic mass is 9.88. The van der Waals surface area contributed by atoms with Crippen molar-refractivity contribution in [2.75, 3.05) is 0 Å². The summed E-state index contributed by atoms with van der Waals surface area (Å²) in [4.78, 5) is 9.53. The molecule has 3 nitrogen and oxygen atoms in total. The van der Waals surface area contributed by atoms with Gasteiger partial charge in [0, 0.05) is 34.6 Å². The molecule has 0 unspecified atom stereocenters. The van der Waals surface area contributed by atoms with Crippen molar-refractivity contribution in [1.29, 1.82) is 0 Å². The number of aromatic nitrogens is 2. The smallest absolute Gasteiger partial charge is 0.157 e. The number of pyridine rings is 2. The molecule has 0 amide bonds. The van der Waals surface area contributed by atoms with Gasteiger partial charge in [0.1, 0.15) is 5.58 Å². The highest BCUT2D eigenvalue weighted by atomic mass is 16.3. The van der Waals surface area contributed by atoms with Gasteiger partial charge in [-0.15, -0.1) is 0 Å². The fourth-order valence-electron chi connectivity index (χ4n) is 4.46. The molecule has 0 saturated heterocycles. The zero-order valence-corrected chi connectivity index (χ0v) is 19.1. The van der Waals surface area contributed by atoms with Gasteiger partial charge in [-0.25, -0.2) is 0 Å². The van der Waals surface area contributed by atoms with E-state index >= 15 is 0 Å². The number of rotatable bonds is 4. The summed E-state index contributed by atoms with van der Waals surface area (Å²) in [5.74, 6) is 0. The third-order valence-electron chi connectivity index (χ3n) is 5.73. The Morgan fingerprint density at radius 1 is 0.812 bits per heavy atom. The van der Waals surface area contributed by atoms with Crippen LogP contribution >= 0.6 is 0 Å². The number of para-hydroxylation sites is 1. The van der Waals surface area contributed by atoms with E-state index in [1.54, 1.807) is 0 Å². The van der Waals surface area contributed by atoms with E-state index in [1.807, 2.05) is 19.2 Å². The number of hydrogen-bond acceptors (Lipinski definition) is 3. The molecule has 0 aliphatic heterocycles. The van der Waals surface area contributed by atoms with E-state index in [2.05, 4.69) is 81.4 Å². The van der Waals surface area contributed by atoms with Crippen molar-refractivity contribution in [3.63, 3.8) is 0 Å². The van der Waals surface area contributed by atoms with E-state index < -0.39 is 0 Å². The molecule has 0 aliphatic carbocycles. The van der Waals surface area contributed by atoms with Crippen molar-refractivity contribution in [1.82, 2.24) is 9.97 Å². The Kier molecular flexibility index (Phi) is 5.05. The highest BCUT2D eigenvalue weighted by Crippen LogP contribution is 2.37. The van der Waals surface area contributed by atoms with Gasteiger partial charge in [0.25, 0.3) is 0 Å². The molecule has 5 rings (SSSR count). The summed E-state index contributed by atoms with van der Waals surface area (Å²) >= 11 is 0. The molecule has 160 valence electrons. The molecule has 2 aromatic carbocycles. The molecule has 0 bridgehead atoms. The van der Waals surface area contributed by atoms with Crippen molar-refractivity contribution < 1.29 is 4.42 Å². The molecule has 5 aromatic rings. The maximum Gasteiger partial charge on any atom is 0.157 e. The van der Waals surface area contributed by atoms with E-state index in [9.17, 15) is 0 Å². The lowest BCUT2D eigenvalue weighted by molar-refractivity contribution is 0.411. The molecule has 0 aliphatic rings. The Hall–Kier alpha value is -3.46. The number of nitrogens with zero attached hydrogens (tertiary/aromatic N) is 2. The van der Waals surface area contributed by atoms with Crippen LogP contribution in [0.2, 0.25) is 0 Å². The average molecular weight is 421 g/mol. The Labute approximate surface area is 189 Å². The Morgan fingerprint density at radius 3 is 2.41 bits per heavy atom. The number of benzene rings is 2. The molecule has 0 saturated carbocycles. The second-order valence-corrected chi connectivity index (χ2v) is 9.82. The summed E-state index contributed by atoms with van der Waals surface area (Å²) in [6.07, 6.45) is 3.65. The second kappa shape index (κ2) is 7.90. The van der Waals surface area contributed by atoms with Gasteiger partial charge in [0.2, 0.25) is 0 Å². The van der Waals surface area contributed by atoms with Crippen LogP contribution in [0.25, 0.3) is 33.2 Å². The lowest BCUT2D eigenvalue weighted by Gasteiger charge is -2.18. The van der Waals surface area contributed by atoms with E-state index in [1.165, 1.54) is 11.1 Å². The van der Waals surface area contributed by atoms with Crippen LogP contribution in [0.1, 0.15) is 43.3 Å². The van der Waals surface area contributed by atoms with Gasteiger partial charge in [-0.05, 0) is 54.2 Å². The van der Waals surface area contributed by atoms with Gasteiger partial charge in [0.05, 0.1) is 11.4 Å². The topological polar surface area (TPSA) is 38.9 Å². The highest BCUT2D eigenvalue weighted by Gasteiger charge is 2.18. The summed E-state index contributed by atoms with van der Waals surface area (Å²) in [5, 5.41) is 2.23. The van der Waals surface area contributed by atoms with Crippen LogP contribution in [-0.2, 0) is 12.8 Å². The SMILES string of the molecule is Cc1cc2c(oc3c(-c4cc(CC(C)(C)C)ccn4)cccc32)c(Cc2ccccc2)n1. The normalized spacial score (nSPS) is 12.0. The molecule has 0 atom stereocenters.